The van der Waals surface area contributed by atoms with Gasteiger partial charge in [-0.15, -0.1) is 11.3 Å². The van der Waals surface area contributed by atoms with Crippen LogP contribution in [0, 0.1) is 17.8 Å². The molecule has 5 nitrogen and oxygen atoms in total. The van der Waals surface area contributed by atoms with E-state index in [0.29, 0.717) is 16.8 Å². The average molecular weight is 333 g/mol. The Kier molecular flexibility index (Phi) is 3.87. The van der Waals surface area contributed by atoms with Gasteiger partial charge in [-0.05, 0) is 43.9 Å². The number of rotatable bonds is 5. The van der Waals surface area contributed by atoms with Crippen LogP contribution in [0.25, 0.3) is 0 Å². The lowest BCUT2D eigenvalue weighted by molar-refractivity contribution is -0.123. The van der Waals surface area contributed by atoms with Crippen LogP contribution in [0.2, 0.25) is 0 Å². The van der Waals surface area contributed by atoms with Crippen molar-refractivity contribution >= 4 is 23.2 Å². The maximum atomic E-state index is 12.2. The molecule has 0 bridgehead atoms. The van der Waals surface area contributed by atoms with E-state index in [0.717, 1.165) is 37.9 Å². The first-order valence-corrected chi connectivity index (χ1v) is 9.49. The molecule has 0 spiro atoms. The first kappa shape index (κ1) is 15.1. The van der Waals surface area contributed by atoms with Gasteiger partial charge in [-0.3, -0.25) is 9.59 Å². The van der Waals surface area contributed by atoms with Gasteiger partial charge in [-0.2, -0.15) is 0 Å². The summed E-state index contributed by atoms with van der Waals surface area (Å²) in [5.74, 6) is 1.61. The number of thiazole rings is 1. The number of aromatic nitrogens is 1. The molecule has 0 radical (unpaired) electrons. The topological polar surface area (TPSA) is 71.1 Å². The normalized spacial score (nSPS) is 28.8. The summed E-state index contributed by atoms with van der Waals surface area (Å²) in [4.78, 5) is 29.9. The van der Waals surface area contributed by atoms with Crippen LogP contribution >= 0.6 is 11.3 Å². The molecule has 3 aliphatic rings. The largest absolute Gasteiger partial charge is 0.353 e. The number of carbonyl (C=O) groups is 2. The smallest absolute Gasteiger partial charge is 0.280 e. The summed E-state index contributed by atoms with van der Waals surface area (Å²) in [5, 5.41) is 6.74. The number of nitrogens with one attached hydrogen (secondary N) is 2. The molecule has 1 aromatic heterocycles. The molecule has 0 unspecified atom stereocenters. The number of hydrogen-bond donors (Lipinski definition) is 2. The molecule has 23 heavy (non-hydrogen) atoms. The first-order chi connectivity index (χ1) is 11.1. The molecule has 3 aliphatic carbocycles. The second kappa shape index (κ2) is 5.89. The Morgan fingerprint density at radius 3 is 2.78 bits per heavy atom. The number of nitrogens with zero attached hydrogens (tertiary/aromatic N) is 1. The van der Waals surface area contributed by atoms with Gasteiger partial charge >= 0.3 is 0 Å². The standard InChI is InChI=1S/C17H23N3O2S/c1-9-6-12(9)15(21)19-11-4-5-13-14(7-11)23-17(20-13)16(22)18-8-10-2-3-10/h9-12H,2-8H2,1H3,(H,18,22)(H,19,21)/t9-,11+,12+/m1/s1. The van der Waals surface area contributed by atoms with E-state index in [4.69, 9.17) is 0 Å². The highest BCUT2D eigenvalue weighted by molar-refractivity contribution is 7.13. The number of amides is 2. The van der Waals surface area contributed by atoms with Crippen molar-refractivity contribution < 1.29 is 9.59 Å². The number of aryl methyl sites for hydroxylation is 1. The molecule has 6 heteroatoms. The van der Waals surface area contributed by atoms with Crippen molar-refractivity contribution in [2.75, 3.05) is 6.54 Å². The molecular weight excluding hydrogens is 310 g/mol. The highest BCUT2D eigenvalue weighted by Gasteiger charge is 2.40. The minimum atomic E-state index is -0.0382. The van der Waals surface area contributed by atoms with Crippen LogP contribution in [0.5, 0.6) is 0 Å². The zero-order valence-electron chi connectivity index (χ0n) is 13.4. The fourth-order valence-corrected chi connectivity index (χ4v) is 4.33. The molecule has 4 rings (SSSR count). The lowest BCUT2D eigenvalue weighted by Gasteiger charge is -2.22. The van der Waals surface area contributed by atoms with Crippen LogP contribution in [-0.2, 0) is 17.6 Å². The van der Waals surface area contributed by atoms with Crippen LogP contribution < -0.4 is 10.6 Å². The highest BCUT2D eigenvalue weighted by Crippen LogP contribution is 2.38. The van der Waals surface area contributed by atoms with Crippen molar-refractivity contribution in [2.24, 2.45) is 17.8 Å². The molecule has 124 valence electrons. The fraction of sp³-hybridized carbons (Fsp3) is 0.706. The van der Waals surface area contributed by atoms with Gasteiger partial charge in [0.05, 0.1) is 5.69 Å². The van der Waals surface area contributed by atoms with Crippen molar-refractivity contribution in [1.82, 2.24) is 15.6 Å². The summed E-state index contributed by atoms with van der Waals surface area (Å²) < 4.78 is 0. The summed E-state index contributed by atoms with van der Waals surface area (Å²) in [6.07, 6.45) is 6.08. The van der Waals surface area contributed by atoms with Gasteiger partial charge in [0.2, 0.25) is 5.91 Å². The van der Waals surface area contributed by atoms with Crippen molar-refractivity contribution in [2.45, 2.75) is 51.5 Å². The Hall–Kier alpha value is -1.43. The molecule has 3 atom stereocenters. The summed E-state index contributed by atoms with van der Waals surface area (Å²) in [7, 11) is 0. The summed E-state index contributed by atoms with van der Waals surface area (Å²) in [6.45, 7) is 2.90. The van der Waals surface area contributed by atoms with Crippen LogP contribution in [0.3, 0.4) is 0 Å². The van der Waals surface area contributed by atoms with E-state index in [-0.39, 0.29) is 23.8 Å². The monoisotopic (exact) mass is 333 g/mol. The van der Waals surface area contributed by atoms with E-state index >= 15 is 0 Å². The number of fused-ring (bicyclic) bond motifs is 1. The van der Waals surface area contributed by atoms with Crippen LogP contribution in [0.1, 0.15) is 53.0 Å². The third-order valence-electron chi connectivity index (χ3n) is 5.17. The molecule has 0 saturated heterocycles. The maximum Gasteiger partial charge on any atom is 0.280 e. The third kappa shape index (κ3) is 3.42. The lowest BCUT2D eigenvalue weighted by Crippen LogP contribution is -2.39. The predicted octanol–water partition coefficient (Wildman–Crippen LogP) is 1.91. The number of carbonyl (C=O) groups excluding carboxylic acids is 2. The fourth-order valence-electron chi connectivity index (χ4n) is 3.23. The van der Waals surface area contributed by atoms with E-state index in [1.807, 2.05) is 0 Å². The summed E-state index contributed by atoms with van der Waals surface area (Å²) in [5.41, 5.74) is 1.05. The van der Waals surface area contributed by atoms with Crippen LogP contribution in [0.4, 0.5) is 0 Å². The first-order valence-electron chi connectivity index (χ1n) is 8.67. The lowest BCUT2D eigenvalue weighted by atomic mass is 9.97. The average Bonchev–Trinajstić information content (AvgIpc) is 3.43. The Labute approximate surface area is 140 Å². The molecular formula is C17H23N3O2S. The maximum absolute atomic E-state index is 12.2. The molecule has 2 amide bonds. The molecule has 2 fully saturated rings. The van der Waals surface area contributed by atoms with E-state index in [1.54, 1.807) is 0 Å². The van der Waals surface area contributed by atoms with Gasteiger partial charge in [0.15, 0.2) is 5.01 Å². The van der Waals surface area contributed by atoms with E-state index in [9.17, 15) is 9.59 Å². The van der Waals surface area contributed by atoms with E-state index in [2.05, 4.69) is 22.5 Å². The molecule has 2 N–H and O–H groups in total. The third-order valence-corrected chi connectivity index (χ3v) is 6.29. The molecule has 0 aromatic carbocycles. The van der Waals surface area contributed by atoms with Crippen molar-refractivity contribution in [3.05, 3.63) is 15.6 Å². The quantitative estimate of drug-likeness (QED) is 0.865. The Balaban J connectivity index is 1.35. The molecule has 2 saturated carbocycles. The zero-order valence-corrected chi connectivity index (χ0v) is 14.2. The van der Waals surface area contributed by atoms with Crippen molar-refractivity contribution in [3.8, 4) is 0 Å². The minimum Gasteiger partial charge on any atom is -0.353 e. The van der Waals surface area contributed by atoms with Crippen LogP contribution in [0.15, 0.2) is 0 Å². The van der Waals surface area contributed by atoms with Crippen molar-refractivity contribution in [1.29, 1.82) is 0 Å². The van der Waals surface area contributed by atoms with Gasteiger partial charge in [0, 0.05) is 29.8 Å². The van der Waals surface area contributed by atoms with Gasteiger partial charge in [0.25, 0.3) is 5.91 Å². The summed E-state index contributed by atoms with van der Waals surface area (Å²) in [6, 6.07) is 0.200. The van der Waals surface area contributed by atoms with Gasteiger partial charge in [-0.1, -0.05) is 6.92 Å². The second-order valence-corrected chi connectivity index (χ2v) is 8.39. The summed E-state index contributed by atoms with van der Waals surface area (Å²) >= 11 is 1.50. The minimum absolute atomic E-state index is 0.0382. The Bertz CT molecular complexity index is 638. The van der Waals surface area contributed by atoms with E-state index in [1.165, 1.54) is 29.1 Å². The molecule has 1 aromatic rings. The van der Waals surface area contributed by atoms with Crippen LogP contribution in [-0.4, -0.2) is 29.4 Å². The van der Waals surface area contributed by atoms with Gasteiger partial charge < -0.3 is 10.6 Å². The van der Waals surface area contributed by atoms with Crippen molar-refractivity contribution in [3.63, 3.8) is 0 Å². The van der Waals surface area contributed by atoms with E-state index < -0.39 is 0 Å². The predicted molar refractivity (Wildman–Crippen MR) is 88.4 cm³/mol. The Morgan fingerprint density at radius 1 is 1.30 bits per heavy atom. The van der Waals surface area contributed by atoms with Gasteiger partial charge in [-0.25, -0.2) is 4.98 Å². The van der Waals surface area contributed by atoms with Gasteiger partial charge in [0.1, 0.15) is 0 Å². The highest BCUT2D eigenvalue weighted by atomic mass is 32.1. The number of hydrogen-bond acceptors (Lipinski definition) is 4. The SMILES string of the molecule is C[C@@H]1C[C@@H]1C(=O)N[C@H]1CCc2nc(C(=O)NCC3CC3)sc2C1. The second-order valence-electron chi connectivity index (χ2n) is 7.31. The zero-order chi connectivity index (χ0) is 16.0. The molecule has 0 aliphatic heterocycles. The Morgan fingerprint density at radius 2 is 2.09 bits per heavy atom. The molecule has 1 heterocycles.